The van der Waals surface area contributed by atoms with E-state index in [4.69, 9.17) is 5.11 Å². The molecule has 12 nitrogen and oxygen atoms in total. The number of rotatable bonds is 16. The molecule has 0 radical (unpaired) electrons. The number of likely N-dealkylation sites (tertiary alicyclic amines) is 1. The molecule has 2 unspecified atom stereocenters. The number of aromatic nitrogens is 3. The fourth-order valence-corrected chi connectivity index (χ4v) is 8.93. The summed E-state index contributed by atoms with van der Waals surface area (Å²) in [4.78, 5) is 42.8. The maximum absolute atomic E-state index is 10.8. The van der Waals surface area contributed by atoms with Gasteiger partial charge < -0.3 is 10.4 Å². The Kier molecular flexibility index (Phi) is 50.3. The van der Waals surface area contributed by atoms with Crippen LogP contribution < -0.4 is 10.7 Å². The Bertz CT molecular complexity index is 1200. The molecule has 3 N–H and O–H groups in total. The average Bonchev–Trinajstić information content (AvgIpc) is 3.64. The molecular weight excluding hydrogens is 839 g/mol. The third-order valence-electron chi connectivity index (χ3n) is 6.25. The molecular formula is C39H79N7O5S6. The van der Waals surface area contributed by atoms with Crippen molar-refractivity contribution in [1.82, 2.24) is 30.6 Å². The van der Waals surface area contributed by atoms with Crippen LogP contribution in [-0.2, 0) is 26.2 Å². The molecule has 2 heterocycles. The van der Waals surface area contributed by atoms with Crippen molar-refractivity contribution in [1.29, 1.82) is 0 Å². The van der Waals surface area contributed by atoms with E-state index in [9.17, 15) is 19.2 Å². The summed E-state index contributed by atoms with van der Waals surface area (Å²) in [6, 6.07) is 0. The number of likely N-dealkylation sites (N-methyl/N-ethyl adjacent to an activating group) is 1. The monoisotopic (exact) mass is 917 g/mol. The van der Waals surface area contributed by atoms with E-state index >= 15 is 0 Å². The van der Waals surface area contributed by atoms with Gasteiger partial charge in [-0.25, -0.2) is 10.2 Å². The number of carbonyl (C=O) groups is 4. The summed E-state index contributed by atoms with van der Waals surface area (Å²) in [6.07, 6.45) is 7.28. The van der Waals surface area contributed by atoms with Crippen LogP contribution in [0.25, 0.3) is 0 Å². The third kappa shape index (κ3) is 52.7. The van der Waals surface area contributed by atoms with Gasteiger partial charge in [0.25, 0.3) is 0 Å². The van der Waals surface area contributed by atoms with Crippen LogP contribution in [-0.4, -0.2) is 108 Å². The SMILES string of the molecule is CC(=O)NN=C(C)C.CC1CC(=O)N(C)C1=O.CCCSSCC.CCSSC(C)(C)CC.CCSSC(C)CC.CNCC(C)=CC(=O)O.Cc1cn(C)nn1. The summed E-state index contributed by atoms with van der Waals surface area (Å²) in [7, 11) is 17.0. The molecule has 1 aromatic heterocycles. The van der Waals surface area contributed by atoms with Gasteiger partial charge in [-0.1, -0.05) is 131 Å². The van der Waals surface area contributed by atoms with Gasteiger partial charge in [0, 0.05) is 90.9 Å². The molecule has 0 aromatic carbocycles. The van der Waals surface area contributed by atoms with E-state index < -0.39 is 5.97 Å². The van der Waals surface area contributed by atoms with Crippen molar-refractivity contribution in [2.24, 2.45) is 18.1 Å². The maximum Gasteiger partial charge on any atom is 0.328 e. The Morgan fingerprint density at radius 1 is 1.00 bits per heavy atom. The van der Waals surface area contributed by atoms with Gasteiger partial charge in [-0.05, 0) is 67.9 Å². The topological polar surface area (TPSA) is 159 Å². The number of nitrogens with zero attached hydrogens (tertiary/aromatic N) is 5. The standard InChI is InChI=1S/C7H16S2.C6H9NO2.C6H11NO2.C6H14S2.C5H10N2O.C5H12S2.C4H7N3/c1-5-7(3,4)9-8-6-2;1-4-3-5(8)7(2)6(4)9;1-5(4-7-2)3-6(8)9;1-4-6(3)8-7-5-2;1-4(2)6-7-5(3)8;1-3-5-7-6-4-2;1-4-3-7(2)6-5-4/h5-6H2,1-4H3;4H,3H2,1-2H3;3,7H,4H2,1-2H3,(H,8,9);6H,4-5H2,1-3H3;1-3H3,(H,7,8);3-5H2,1-2H3;3H,1-2H3. The van der Waals surface area contributed by atoms with Crippen molar-refractivity contribution in [3.8, 4) is 0 Å². The molecule has 3 amide bonds. The summed E-state index contributed by atoms with van der Waals surface area (Å²) in [5, 5.41) is 22.9. The van der Waals surface area contributed by atoms with Gasteiger partial charge in [-0.2, -0.15) is 5.10 Å². The lowest BCUT2D eigenvalue weighted by molar-refractivity contribution is -0.137. The molecule has 336 valence electrons. The second kappa shape index (κ2) is 44.2. The Morgan fingerprint density at radius 2 is 1.56 bits per heavy atom. The molecule has 2 rings (SSSR count). The van der Waals surface area contributed by atoms with Crippen molar-refractivity contribution >= 4 is 94.2 Å². The largest absolute Gasteiger partial charge is 0.478 e. The molecule has 0 saturated carbocycles. The second-order valence-electron chi connectivity index (χ2n) is 13.1. The van der Waals surface area contributed by atoms with Crippen LogP contribution in [0.4, 0.5) is 0 Å². The number of carboxylic acid groups (broad SMARTS) is 1. The van der Waals surface area contributed by atoms with Crippen molar-refractivity contribution < 1.29 is 24.3 Å². The van der Waals surface area contributed by atoms with Gasteiger partial charge in [-0.3, -0.25) is 24.0 Å². The molecule has 2 atom stereocenters. The molecule has 1 aliphatic rings. The number of aryl methyl sites for hydroxylation is 2. The number of hydrogen-bond acceptors (Lipinski definition) is 14. The number of carbonyl (C=O) groups excluding carboxylic acids is 3. The van der Waals surface area contributed by atoms with E-state index in [1.165, 1.54) is 67.2 Å². The fraction of sp³-hybridized carbons (Fsp3) is 0.769. The zero-order chi connectivity index (χ0) is 45.4. The number of amides is 3. The van der Waals surface area contributed by atoms with Crippen molar-refractivity contribution in [3.63, 3.8) is 0 Å². The molecule has 0 spiro atoms. The highest BCUT2D eigenvalue weighted by molar-refractivity contribution is 8.77. The number of carboxylic acids is 1. The van der Waals surface area contributed by atoms with E-state index in [-0.39, 0.29) is 23.6 Å². The first kappa shape index (κ1) is 64.8. The van der Waals surface area contributed by atoms with E-state index in [0.29, 0.717) is 17.7 Å². The Hall–Kier alpha value is -1.31. The van der Waals surface area contributed by atoms with Gasteiger partial charge >= 0.3 is 5.97 Å². The van der Waals surface area contributed by atoms with Crippen LogP contribution in [0.5, 0.6) is 0 Å². The van der Waals surface area contributed by atoms with E-state index in [1.54, 1.807) is 25.6 Å². The van der Waals surface area contributed by atoms with E-state index in [0.717, 1.165) is 22.2 Å². The third-order valence-corrected chi connectivity index (χ3v) is 15.6. The minimum absolute atomic E-state index is 0.0556. The quantitative estimate of drug-likeness (QED) is 0.0359. The zero-order valence-electron chi connectivity index (χ0n) is 38.4. The molecule has 18 heteroatoms. The van der Waals surface area contributed by atoms with Gasteiger partial charge in [0.2, 0.25) is 17.7 Å². The van der Waals surface area contributed by atoms with Crippen LogP contribution in [0.3, 0.4) is 0 Å². The number of hydrogen-bond donors (Lipinski definition) is 3. The van der Waals surface area contributed by atoms with Crippen LogP contribution >= 0.6 is 64.8 Å². The summed E-state index contributed by atoms with van der Waals surface area (Å²) < 4.78 is 2.15. The van der Waals surface area contributed by atoms with E-state index in [2.05, 4.69) is 88.5 Å². The number of hydrazone groups is 1. The Morgan fingerprint density at radius 3 is 1.82 bits per heavy atom. The molecule has 1 aliphatic heterocycles. The number of imide groups is 1. The Balaban J connectivity index is -0.000000185. The van der Waals surface area contributed by atoms with Gasteiger partial charge in [-0.15, -0.1) is 5.10 Å². The highest BCUT2D eigenvalue weighted by Crippen LogP contribution is 2.37. The number of aliphatic carboxylic acids is 1. The van der Waals surface area contributed by atoms with Gasteiger partial charge in [0.15, 0.2) is 0 Å². The molecule has 1 fully saturated rings. The lowest BCUT2D eigenvalue weighted by atomic mass is 10.1. The van der Waals surface area contributed by atoms with Crippen LogP contribution in [0.15, 0.2) is 22.9 Å². The van der Waals surface area contributed by atoms with Crippen LogP contribution in [0, 0.1) is 12.8 Å². The normalized spacial score (nSPS) is 13.5. The van der Waals surface area contributed by atoms with Gasteiger partial charge in [0.1, 0.15) is 0 Å². The predicted molar refractivity (Wildman–Crippen MR) is 262 cm³/mol. The van der Waals surface area contributed by atoms with E-state index in [1.807, 2.05) is 98.8 Å². The van der Waals surface area contributed by atoms with Gasteiger partial charge in [0.05, 0.1) is 5.69 Å². The van der Waals surface area contributed by atoms with Crippen molar-refractivity contribution in [2.75, 3.05) is 43.7 Å². The molecule has 0 bridgehead atoms. The lowest BCUT2D eigenvalue weighted by Crippen LogP contribution is -2.24. The maximum atomic E-state index is 10.8. The Labute approximate surface area is 371 Å². The highest BCUT2D eigenvalue weighted by atomic mass is 33.1. The number of nitrogens with one attached hydrogen (secondary N) is 2. The first-order chi connectivity index (χ1) is 26.5. The fourth-order valence-electron chi connectivity index (χ4n) is 2.89. The lowest BCUT2D eigenvalue weighted by Gasteiger charge is -2.19. The summed E-state index contributed by atoms with van der Waals surface area (Å²) in [6.45, 7) is 31.2. The first-order valence-electron chi connectivity index (χ1n) is 19.3. The smallest absolute Gasteiger partial charge is 0.328 e. The minimum atomic E-state index is -0.886. The summed E-state index contributed by atoms with van der Waals surface area (Å²) >= 11 is 0. The minimum Gasteiger partial charge on any atom is -0.478 e. The second-order valence-corrected chi connectivity index (χ2v) is 22.3. The average molecular weight is 919 g/mol. The predicted octanol–water partition coefficient (Wildman–Crippen LogP) is 10.4. The zero-order valence-corrected chi connectivity index (χ0v) is 43.3. The molecule has 57 heavy (non-hydrogen) atoms. The van der Waals surface area contributed by atoms with Crippen LogP contribution in [0.1, 0.15) is 128 Å². The molecule has 1 aromatic rings. The summed E-state index contributed by atoms with van der Waals surface area (Å²) in [5.74, 6) is 3.76. The molecule has 1 saturated heterocycles. The first-order valence-corrected chi connectivity index (χ1v) is 26.5. The molecule has 0 aliphatic carbocycles. The van der Waals surface area contributed by atoms with Crippen molar-refractivity contribution in [3.05, 3.63) is 23.5 Å². The highest BCUT2D eigenvalue weighted by Gasteiger charge is 2.32. The van der Waals surface area contributed by atoms with Crippen molar-refractivity contribution in [2.45, 2.75) is 140 Å². The summed E-state index contributed by atoms with van der Waals surface area (Å²) in [5.41, 5.74) is 4.93. The van der Waals surface area contributed by atoms with Crippen LogP contribution in [0.2, 0.25) is 0 Å².